The Bertz CT molecular complexity index is 1350. The SMILES string of the molecule is CCCCN(CC)c1ccc(C=c2c(C(C)(C)C)nn3c(-c4cc(OC)ccc4OC)nnc23)s1. The van der Waals surface area contributed by atoms with Crippen molar-refractivity contribution in [2.75, 3.05) is 32.2 Å². The third kappa shape index (κ3) is 4.98. The molecule has 0 fully saturated rings. The van der Waals surface area contributed by atoms with E-state index < -0.39 is 0 Å². The zero-order chi connectivity index (χ0) is 25.2. The molecule has 0 spiro atoms. The van der Waals surface area contributed by atoms with E-state index in [0.29, 0.717) is 11.6 Å². The minimum absolute atomic E-state index is 0.168. The molecule has 4 aromatic rings. The maximum atomic E-state index is 5.61. The van der Waals surface area contributed by atoms with Crippen LogP contribution in [0, 0.1) is 0 Å². The molecule has 3 aromatic heterocycles. The monoisotopic (exact) mass is 493 g/mol. The Balaban J connectivity index is 1.86. The molecule has 8 heteroatoms. The van der Waals surface area contributed by atoms with Crippen LogP contribution in [0.3, 0.4) is 0 Å². The maximum Gasteiger partial charge on any atom is 0.189 e. The smallest absolute Gasteiger partial charge is 0.189 e. The fraction of sp³-hybridized carbons (Fsp3) is 0.444. The van der Waals surface area contributed by atoms with Crippen LogP contribution in [0.2, 0.25) is 0 Å². The van der Waals surface area contributed by atoms with Crippen LogP contribution in [-0.4, -0.2) is 47.1 Å². The van der Waals surface area contributed by atoms with Gasteiger partial charge in [-0.2, -0.15) is 9.61 Å². The molecular formula is C27H35N5O2S. The lowest BCUT2D eigenvalue weighted by Gasteiger charge is -2.20. The van der Waals surface area contributed by atoms with Gasteiger partial charge in [0.1, 0.15) is 11.5 Å². The van der Waals surface area contributed by atoms with E-state index in [-0.39, 0.29) is 5.41 Å². The molecule has 0 aliphatic rings. The quantitative estimate of drug-likeness (QED) is 0.314. The van der Waals surface area contributed by atoms with Crippen molar-refractivity contribution in [3.63, 3.8) is 0 Å². The minimum atomic E-state index is -0.168. The Morgan fingerprint density at radius 2 is 1.86 bits per heavy atom. The molecule has 0 saturated heterocycles. The molecule has 7 nitrogen and oxygen atoms in total. The summed E-state index contributed by atoms with van der Waals surface area (Å²) in [5.74, 6) is 2.05. The van der Waals surface area contributed by atoms with Gasteiger partial charge in [0, 0.05) is 28.6 Å². The normalized spacial score (nSPS) is 12.5. The van der Waals surface area contributed by atoms with Crippen LogP contribution in [-0.2, 0) is 5.41 Å². The molecule has 4 rings (SSSR count). The predicted molar refractivity (Wildman–Crippen MR) is 144 cm³/mol. The van der Waals surface area contributed by atoms with E-state index in [1.54, 1.807) is 25.6 Å². The molecule has 0 aliphatic heterocycles. The highest BCUT2D eigenvalue weighted by atomic mass is 32.1. The van der Waals surface area contributed by atoms with Crippen LogP contribution in [0.5, 0.6) is 11.5 Å². The van der Waals surface area contributed by atoms with Gasteiger partial charge in [0.15, 0.2) is 11.5 Å². The van der Waals surface area contributed by atoms with Crippen molar-refractivity contribution < 1.29 is 9.47 Å². The molecule has 186 valence electrons. The first kappa shape index (κ1) is 25.0. The average molecular weight is 494 g/mol. The highest BCUT2D eigenvalue weighted by Gasteiger charge is 2.25. The van der Waals surface area contributed by atoms with Crippen LogP contribution >= 0.6 is 11.3 Å². The Labute approximate surface area is 211 Å². The lowest BCUT2D eigenvalue weighted by molar-refractivity contribution is 0.404. The van der Waals surface area contributed by atoms with Gasteiger partial charge in [-0.15, -0.1) is 21.5 Å². The number of hydrogen-bond acceptors (Lipinski definition) is 7. The van der Waals surface area contributed by atoms with E-state index >= 15 is 0 Å². The van der Waals surface area contributed by atoms with Crippen molar-refractivity contribution in [3.8, 4) is 22.9 Å². The first-order valence-corrected chi connectivity index (χ1v) is 13.0. The largest absolute Gasteiger partial charge is 0.497 e. The third-order valence-corrected chi connectivity index (χ3v) is 7.16. The van der Waals surface area contributed by atoms with Crippen LogP contribution < -0.4 is 19.6 Å². The fourth-order valence-electron chi connectivity index (χ4n) is 4.15. The van der Waals surface area contributed by atoms with Gasteiger partial charge in [-0.1, -0.05) is 34.1 Å². The molecule has 0 N–H and O–H groups in total. The van der Waals surface area contributed by atoms with Crippen LogP contribution in [0.4, 0.5) is 5.00 Å². The molecule has 0 amide bonds. The number of thiophene rings is 1. The van der Waals surface area contributed by atoms with Crippen molar-refractivity contribution in [2.24, 2.45) is 0 Å². The van der Waals surface area contributed by atoms with E-state index in [4.69, 9.17) is 14.6 Å². The van der Waals surface area contributed by atoms with Gasteiger partial charge in [0.05, 0.1) is 30.5 Å². The first-order valence-electron chi connectivity index (χ1n) is 12.1. The van der Waals surface area contributed by atoms with Gasteiger partial charge in [0.2, 0.25) is 0 Å². The molecular weight excluding hydrogens is 458 g/mol. The van der Waals surface area contributed by atoms with E-state index in [9.17, 15) is 0 Å². The van der Waals surface area contributed by atoms with E-state index in [1.807, 2.05) is 22.7 Å². The number of aromatic nitrogens is 4. The summed E-state index contributed by atoms with van der Waals surface area (Å²) in [4.78, 5) is 3.62. The second-order valence-electron chi connectivity index (χ2n) is 9.59. The molecule has 0 radical (unpaired) electrons. The Morgan fingerprint density at radius 3 is 2.51 bits per heavy atom. The topological polar surface area (TPSA) is 64.8 Å². The number of ether oxygens (including phenoxy) is 2. The highest BCUT2D eigenvalue weighted by Crippen LogP contribution is 2.33. The number of nitrogens with zero attached hydrogens (tertiary/aromatic N) is 5. The lowest BCUT2D eigenvalue weighted by atomic mass is 9.91. The second kappa shape index (κ2) is 10.2. The molecule has 0 aliphatic carbocycles. The summed E-state index contributed by atoms with van der Waals surface area (Å²) >= 11 is 1.80. The molecule has 1 aromatic carbocycles. The van der Waals surface area contributed by atoms with Gasteiger partial charge in [-0.05, 0) is 49.8 Å². The van der Waals surface area contributed by atoms with Gasteiger partial charge < -0.3 is 14.4 Å². The van der Waals surface area contributed by atoms with Crippen molar-refractivity contribution in [1.82, 2.24) is 19.8 Å². The minimum Gasteiger partial charge on any atom is -0.497 e. The van der Waals surface area contributed by atoms with Gasteiger partial charge in [-0.25, -0.2) is 0 Å². The Morgan fingerprint density at radius 1 is 1.06 bits per heavy atom. The van der Waals surface area contributed by atoms with Gasteiger partial charge in [-0.3, -0.25) is 0 Å². The Kier molecular flexibility index (Phi) is 7.31. The van der Waals surface area contributed by atoms with Gasteiger partial charge >= 0.3 is 0 Å². The second-order valence-corrected chi connectivity index (χ2v) is 10.7. The summed E-state index contributed by atoms with van der Waals surface area (Å²) in [6.45, 7) is 13.1. The van der Waals surface area contributed by atoms with Crippen LogP contribution in [0.15, 0.2) is 30.3 Å². The van der Waals surface area contributed by atoms with E-state index in [2.05, 4.69) is 67.9 Å². The summed E-state index contributed by atoms with van der Waals surface area (Å²) in [6, 6.07) is 10.1. The molecule has 3 heterocycles. The van der Waals surface area contributed by atoms with E-state index in [1.165, 1.54) is 22.7 Å². The van der Waals surface area contributed by atoms with Crippen molar-refractivity contribution in [3.05, 3.63) is 46.1 Å². The summed E-state index contributed by atoms with van der Waals surface area (Å²) in [7, 11) is 3.30. The van der Waals surface area contributed by atoms with Crippen LogP contribution in [0.25, 0.3) is 23.1 Å². The molecule has 0 bridgehead atoms. The van der Waals surface area contributed by atoms with E-state index in [0.717, 1.165) is 41.0 Å². The van der Waals surface area contributed by atoms with Crippen molar-refractivity contribution >= 4 is 28.1 Å². The Hall–Kier alpha value is -3.13. The highest BCUT2D eigenvalue weighted by molar-refractivity contribution is 7.16. The first-order chi connectivity index (χ1) is 16.8. The zero-order valence-corrected chi connectivity index (χ0v) is 22.6. The fourth-order valence-corrected chi connectivity index (χ4v) is 5.19. The standard InChI is InChI=1S/C27H35N5O2S/c1-8-10-15-31(9-2)23-14-12-19(35-23)17-21-24(27(3,4)5)30-32-25(28-29-26(21)32)20-16-18(33-6)11-13-22(20)34-7/h11-14,16-17H,8-10,15H2,1-7H3. The van der Waals surface area contributed by atoms with Crippen molar-refractivity contribution in [1.29, 1.82) is 0 Å². The van der Waals surface area contributed by atoms with Crippen LogP contribution in [0.1, 0.15) is 58.0 Å². The van der Waals surface area contributed by atoms with Crippen molar-refractivity contribution in [2.45, 2.75) is 52.9 Å². The zero-order valence-electron chi connectivity index (χ0n) is 21.8. The molecule has 35 heavy (non-hydrogen) atoms. The number of benzene rings is 1. The summed E-state index contributed by atoms with van der Waals surface area (Å²) < 4.78 is 12.9. The number of hydrogen-bond donors (Lipinski definition) is 0. The van der Waals surface area contributed by atoms with Gasteiger partial charge in [0.25, 0.3) is 0 Å². The summed E-state index contributed by atoms with van der Waals surface area (Å²) in [5.41, 5.74) is 2.34. The lowest BCUT2D eigenvalue weighted by Crippen LogP contribution is -2.22. The predicted octanol–water partition coefficient (Wildman–Crippen LogP) is 5.34. The number of methoxy groups -OCH3 is 2. The summed E-state index contributed by atoms with van der Waals surface area (Å²) in [5, 5.41) is 16.4. The number of unbranched alkanes of at least 4 members (excludes halogenated alkanes) is 1. The number of rotatable bonds is 9. The third-order valence-electron chi connectivity index (χ3n) is 6.07. The molecule has 0 unspecified atom stereocenters. The molecule has 0 atom stereocenters. The average Bonchev–Trinajstić information content (AvgIpc) is 3.55. The number of anilines is 1. The maximum absolute atomic E-state index is 5.61. The number of fused-ring (bicyclic) bond motifs is 1. The molecule has 0 saturated carbocycles. The summed E-state index contributed by atoms with van der Waals surface area (Å²) in [6.07, 6.45) is 4.59.